The van der Waals surface area contributed by atoms with Crippen LogP contribution in [-0.2, 0) is 5.41 Å². The zero-order valence-electron chi connectivity index (χ0n) is 55.1. The van der Waals surface area contributed by atoms with E-state index in [-0.39, 0.29) is 12.1 Å². The van der Waals surface area contributed by atoms with Crippen LogP contribution in [0.1, 0.15) is 26.3 Å². The molecule has 0 N–H and O–H groups in total. The third kappa shape index (κ3) is 9.82. The standard InChI is InChI=1S/C94H65BN2S2/c1-94(2,3)70-58-85-89-86(59-70)97(91-79(64-36-18-8-19-37-64)54-69(61-30-12-5-13-31-61)55-80(91)65-38-20-9-21-39-65)84-51-49-67(72-43-27-45-76-74-41-23-25-47-88(74)99-93(72)76)57-82(84)95(89)81-56-66(71-42-26-44-75-73-40-22-24-46-87(73)98-92(71)75)48-50-83(81)96(85)90-77(62-32-14-6-15-33-62)52-68(60-28-10-4-11-29-60)53-78(90)63-34-16-7-17-35-63/h4-59H,1-3H3. The van der Waals surface area contributed by atoms with Crippen LogP contribution in [0.15, 0.2) is 340 Å². The second-order valence-corrected chi connectivity index (χ2v) is 29.5. The fourth-order valence-corrected chi connectivity index (χ4v) is 18.4. The SMILES string of the molecule is CC(C)(C)c1cc2c3c(c1)N(c1c(-c4ccccc4)cc(-c4ccccc4)cc1-c1ccccc1)c1ccc(-c4cccc5c4sc4ccccc45)cc1B3c1cc(-c3cccc4c3sc3ccccc34)ccc1N2c1c(-c2ccccc2)cc(-c2ccccc2)cc1-c1ccccc1. The highest BCUT2D eigenvalue weighted by Gasteiger charge is 2.46. The molecule has 0 saturated carbocycles. The van der Waals surface area contributed by atoms with Gasteiger partial charge in [-0.2, -0.15) is 0 Å². The fourth-order valence-electron chi connectivity index (χ4n) is 15.9. The van der Waals surface area contributed by atoms with E-state index in [1.165, 1.54) is 95.7 Å². The van der Waals surface area contributed by atoms with Gasteiger partial charge in [0.05, 0.1) is 11.4 Å². The molecular weight excluding hydrogens is 1230 g/mol. The van der Waals surface area contributed by atoms with E-state index in [9.17, 15) is 0 Å². The van der Waals surface area contributed by atoms with Crippen molar-refractivity contribution in [3.63, 3.8) is 0 Å². The summed E-state index contributed by atoms with van der Waals surface area (Å²) in [6, 6.07) is 128. The van der Waals surface area contributed by atoms with E-state index in [1.807, 2.05) is 22.7 Å². The van der Waals surface area contributed by atoms with Gasteiger partial charge in [-0.3, -0.25) is 0 Å². The van der Waals surface area contributed by atoms with Gasteiger partial charge >= 0.3 is 0 Å². The quantitative estimate of drug-likeness (QED) is 0.126. The summed E-state index contributed by atoms with van der Waals surface area (Å²) >= 11 is 3.80. The van der Waals surface area contributed by atoms with Gasteiger partial charge < -0.3 is 9.80 Å². The molecule has 0 aliphatic carbocycles. The Hall–Kier alpha value is -11.6. The van der Waals surface area contributed by atoms with Crippen LogP contribution in [0.25, 0.3) is 129 Å². The molecule has 99 heavy (non-hydrogen) atoms. The van der Waals surface area contributed by atoms with E-state index in [0.717, 1.165) is 89.8 Å². The Bertz CT molecular complexity index is 5530. The molecule has 2 aromatic heterocycles. The van der Waals surface area contributed by atoms with Crippen molar-refractivity contribution in [1.82, 2.24) is 0 Å². The van der Waals surface area contributed by atoms with Crippen molar-refractivity contribution in [2.24, 2.45) is 0 Å². The molecule has 466 valence electrons. The van der Waals surface area contributed by atoms with Gasteiger partial charge in [0.2, 0.25) is 0 Å². The first kappa shape index (κ1) is 58.7. The summed E-state index contributed by atoms with van der Waals surface area (Å²) in [5.74, 6) is 0. The summed E-state index contributed by atoms with van der Waals surface area (Å²) in [4.78, 5) is 5.42. The number of anilines is 6. The highest BCUT2D eigenvalue weighted by Crippen LogP contribution is 2.56. The lowest BCUT2D eigenvalue weighted by Gasteiger charge is -2.46. The molecule has 17 aromatic rings. The lowest BCUT2D eigenvalue weighted by molar-refractivity contribution is 0.590. The van der Waals surface area contributed by atoms with Crippen LogP contribution in [0.2, 0.25) is 0 Å². The van der Waals surface area contributed by atoms with Crippen LogP contribution < -0.4 is 26.2 Å². The zero-order chi connectivity index (χ0) is 65.9. The highest BCUT2D eigenvalue weighted by atomic mass is 32.1. The van der Waals surface area contributed by atoms with E-state index >= 15 is 0 Å². The van der Waals surface area contributed by atoms with E-state index in [1.54, 1.807) is 0 Å². The molecule has 0 atom stereocenters. The smallest absolute Gasteiger partial charge is 0.252 e. The summed E-state index contributed by atoms with van der Waals surface area (Å²) in [5.41, 5.74) is 30.2. The van der Waals surface area contributed by atoms with Crippen LogP contribution in [0.3, 0.4) is 0 Å². The number of rotatable bonds is 10. The maximum absolute atomic E-state index is 2.71. The zero-order valence-corrected chi connectivity index (χ0v) is 56.8. The fraction of sp³-hybridized carbons (Fsp3) is 0.0426. The number of nitrogens with zero attached hydrogens (tertiary/aromatic N) is 2. The number of benzene rings is 15. The predicted molar refractivity (Wildman–Crippen MR) is 428 cm³/mol. The van der Waals surface area contributed by atoms with Gasteiger partial charge in [0.15, 0.2) is 0 Å². The Kier molecular flexibility index (Phi) is 14.0. The first-order valence-corrected chi connectivity index (χ1v) is 36.0. The Labute approximate surface area is 586 Å². The van der Waals surface area contributed by atoms with Crippen molar-refractivity contribution in [3.8, 4) is 89.0 Å². The summed E-state index contributed by atoms with van der Waals surface area (Å²) < 4.78 is 5.18. The predicted octanol–water partition coefficient (Wildman–Crippen LogP) is 25.1. The van der Waals surface area contributed by atoms with Gasteiger partial charge in [-0.1, -0.05) is 300 Å². The topological polar surface area (TPSA) is 6.48 Å². The van der Waals surface area contributed by atoms with Gasteiger partial charge in [0.25, 0.3) is 6.71 Å². The minimum atomic E-state index is -0.304. The van der Waals surface area contributed by atoms with Gasteiger partial charge in [0.1, 0.15) is 0 Å². The molecule has 0 radical (unpaired) electrons. The molecule has 0 bridgehead atoms. The van der Waals surface area contributed by atoms with Crippen molar-refractivity contribution in [2.45, 2.75) is 26.2 Å². The molecule has 19 rings (SSSR count). The Morgan fingerprint density at radius 1 is 0.253 bits per heavy atom. The average molecular weight is 1300 g/mol. The van der Waals surface area contributed by atoms with Crippen molar-refractivity contribution in [3.05, 3.63) is 345 Å². The largest absolute Gasteiger partial charge is 0.310 e. The minimum absolute atomic E-state index is 0.252. The lowest BCUT2D eigenvalue weighted by atomic mass is 9.33. The van der Waals surface area contributed by atoms with Gasteiger partial charge in [-0.15, -0.1) is 22.7 Å². The van der Waals surface area contributed by atoms with E-state index < -0.39 is 0 Å². The summed E-state index contributed by atoms with van der Waals surface area (Å²) in [6.07, 6.45) is 0. The third-order valence-electron chi connectivity index (χ3n) is 20.6. The second-order valence-electron chi connectivity index (χ2n) is 27.4. The van der Waals surface area contributed by atoms with Crippen LogP contribution in [-0.4, -0.2) is 6.71 Å². The molecule has 15 aromatic carbocycles. The second kappa shape index (κ2) is 23.6. The van der Waals surface area contributed by atoms with Crippen LogP contribution >= 0.6 is 22.7 Å². The first-order chi connectivity index (χ1) is 48.8. The van der Waals surface area contributed by atoms with Crippen molar-refractivity contribution < 1.29 is 0 Å². The Morgan fingerprint density at radius 2 is 0.576 bits per heavy atom. The molecular formula is C94H65BN2S2. The van der Waals surface area contributed by atoms with Gasteiger partial charge in [0, 0.05) is 85.3 Å². The molecule has 2 nitrogen and oxygen atoms in total. The van der Waals surface area contributed by atoms with Crippen molar-refractivity contribution in [1.29, 1.82) is 0 Å². The Morgan fingerprint density at radius 3 is 0.929 bits per heavy atom. The van der Waals surface area contributed by atoms with Crippen molar-refractivity contribution in [2.75, 3.05) is 9.80 Å². The summed E-state index contributed by atoms with van der Waals surface area (Å²) in [6.45, 7) is 6.92. The molecule has 0 unspecified atom stereocenters. The lowest BCUT2D eigenvalue weighted by Crippen LogP contribution is -2.61. The van der Waals surface area contributed by atoms with E-state index in [4.69, 9.17) is 0 Å². The third-order valence-corrected chi connectivity index (χ3v) is 23.0. The number of hydrogen-bond donors (Lipinski definition) is 0. The number of fused-ring (bicyclic) bond motifs is 10. The van der Waals surface area contributed by atoms with E-state index in [0.29, 0.717) is 0 Å². The van der Waals surface area contributed by atoms with Crippen LogP contribution in [0, 0.1) is 0 Å². The highest BCUT2D eigenvalue weighted by molar-refractivity contribution is 7.26. The minimum Gasteiger partial charge on any atom is -0.310 e. The molecule has 2 aliphatic rings. The normalized spacial score (nSPS) is 12.5. The number of hydrogen-bond acceptors (Lipinski definition) is 4. The van der Waals surface area contributed by atoms with Crippen molar-refractivity contribution >= 4 is 120 Å². The molecule has 2 aliphatic heterocycles. The van der Waals surface area contributed by atoms with Gasteiger partial charge in [-0.05, 0) is 155 Å². The maximum atomic E-state index is 2.71. The van der Waals surface area contributed by atoms with Crippen LogP contribution in [0.4, 0.5) is 34.1 Å². The molecule has 0 fully saturated rings. The molecule has 0 spiro atoms. The molecule has 0 saturated heterocycles. The maximum Gasteiger partial charge on any atom is 0.252 e. The van der Waals surface area contributed by atoms with E-state index in [2.05, 4.69) is 370 Å². The Balaban J connectivity index is 0.994. The average Bonchev–Trinajstić information content (AvgIpc) is 1.17. The monoisotopic (exact) mass is 1300 g/mol. The molecule has 0 amide bonds. The number of thiophene rings is 2. The summed E-state index contributed by atoms with van der Waals surface area (Å²) in [7, 11) is 0. The first-order valence-electron chi connectivity index (χ1n) is 34.3. The van der Waals surface area contributed by atoms with Crippen LogP contribution in [0.5, 0.6) is 0 Å². The molecule has 5 heteroatoms. The molecule has 4 heterocycles. The van der Waals surface area contributed by atoms with Gasteiger partial charge in [-0.25, -0.2) is 0 Å². The summed E-state index contributed by atoms with van der Waals surface area (Å²) in [5, 5.41) is 5.16.